The van der Waals surface area contributed by atoms with Crippen LogP contribution in [0.1, 0.15) is 18.5 Å². The van der Waals surface area contributed by atoms with Crippen molar-refractivity contribution in [3.63, 3.8) is 0 Å². The van der Waals surface area contributed by atoms with Crippen LogP contribution < -0.4 is 5.32 Å². The molecule has 0 atom stereocenters. The zero-order chi connectivity index (χ0) is 11.9. The Morgan fingerprint density at radius 1 is 1.24 bits per heavy atom. The number of hydrogen-bond acceptors (Lipinski definition) is 5. The molecular weight excluding hydrogens is 216 g/mol. The summed E-state index contributed by atoms with van der Waals surface area (Å²) >= 11 is 0. The maximum atomic E-state index is 4.27. The molecule has 17 heavy (non-hydrogen) atoms. The summed E-state index contributed by atoms with van der Waals surface area (Å²) in [6.45, 7) is 3.79. The smallest absolute Gasteiger partial charge is 0.222 e. The van der Waals surface area contributed by atoms with E-state index in [4.69, 9.17) is 0 Å². The van der Waals surface area contributed by atoms with Gasteiger partial charge in [-0.05, 0) is 25.8 Å². The van der Waals surface area contributed by atoms with Crippen LogP contribution in [0.2, 0.25) is 0 Å². The number of aromatic nitrogens is 5. The molecule has 6 heteroatoms. The number of nitrogens with zero attached hydrogens (tertiary/aromatic N) is 5. The number of rotatable bonds is 6. The summed E-state index contributed by atoms with van der Waals surface area (Å²) in [5, 5.41) is 10.7. The second kappa shape index (κ2) is 5.93. The lowest BCUT2D eigenvalue weighted by atomic mass is 10.3. The Morgan fingerprint density at radius 2 is 2.06 bits per heavy atom. The van der Waals surface area contributed by atoms with Crippen LogP contribution in [0.5, 0.6) is 0 Å². The molecule has 2 rings (SSSR count). The Bertz CT molecular complexity index is 439. The minimum absolute atomic E-state index is 0.703. The van der Waals surface area contributed by atoms with Crippen molar-refractivity contribution in [2.45, 2.75) is 26.3 Å². The maximum Gasteiger partial charge on any atom is 0.222 e. The van der Waals surface area contributed by atoms with Gasteiger partial charge in [0, 0.05) is 25.0 Å². The molecule has 6 nitrogen and oxygen atoms in total. The average molecular weight is 232 g/mol. The fourth-order valence-corrected chi connectivity index (χ4v) is 1.49. The van der Waals surface area contributed by atoms with Crippen LogP contribution in [0, 0.1) is 6.92 Å². The van der Waals surface area contributed by atoms with E-state index in [0.29, 0.717) is 5.95 Å². The van der Waals surface area contributed by atoms with Gasteiger partial charge in [0.05, 0.1) is 0 Å². The van der Waals surface area contributed by atoms with Gasteiger partial charge in [-0.15, -0.1) is 10.2 Å². The average Bonchev–Trinajstić information content (AvgIpc) is 2.82. The van der Waals surface area contributed by atoms with Crippen LogP contribution >= 0.6 is 0 Å². The van der Waals surface area contributed by atoms with Crippen molar-refractivity contribution in [3.8, 4) is 0 Å². The van der Waals surface area contributed by atoms with E-state index in [2.05, 4.69) is 25.5 Å². The minimum atomic E-state index is 0.703. The van der Waals surface area contributed by atoms with E-state index in [1.165, 1.54) is 0 Å². The summed E-state index contributed by atoms with van der Waals surface area (Å²) in [6.07, 6.45) is 7.38. The van der Waals surface area contributed by atoms with Crippen molar-refractivity contribution < 1.29 is 0 Å². The number of aryl methyl sites for hydroxylation is 2. The summed E-state index contributed by atoms with van der Waals surface area (Å²) < 4.78 is 1.98. The van der Waals surface area contributed by atoms with Gasteiger partial charge in [0.15, 0.2) is 0 Å². The molecule has 2 aromatic heterocycles. The van der Waals surface area contributed by atoms with Gasteiger partial charge in [-0.1, -0.05) is 0 Å². The predicted molar refractivity (Wildman–Crippen MR) is 64.5 cm³/mol. The van der Waals surface area contributed by atoms with Gasteiger partial charge < -0.3 is 9.88 Å². The Balaban J connectivity index is 1.63. The van der Waals surface area contributed by atoms with Gasteiger partial charge in [0.1, 0.15) is 12.7 Å². The standard InChI is InChI=1S/C11H16N6/c1-10-4-6-13-11(16-10)12-5-2-3-7-17-8-14-15-9-17/h4,6,8-9H,2-3,5,7H2,1H3,(H,12,13,16). The highest BCUT2D eigenvalue weighted by atomic mass is 15.2. The molecule has 2 aromatic rings. The highest BCUT2D eigenvalue weighted by Gasteiger charge is 1.95. The quantitative estimate of drug-likeness (QED) is 0.759. The first kappa shape index (κ1) is 11.5. The van der Waals surface area contributed by atoms with Gasteiger partial charge >= 0.3 is 0 Å². The third kappa shape index (κ3) is 3.82. The molecule has 0 radical (unpaired) electrons. The Labute approximate surface area is 100 Å². The largest absolute Gasteiger partial charge is 0.354 e. The first-order valence-electron chi connectivity index (χ1n) is 5.70. The van der Waals surface area contributed by atoms with Crippen LogP contribution in [0.3, 0.4) is 0 Å². The molecule has 90 valence electrons. The number of unbranched alkanes of at least 4 members (excludes halogenated alkanes) is 1. The zero-order valence-corrected chi connectivity index (χ0v) is 9.87. The van der Waals surface area contributed by atoms with Crippen molar-refractivity contribution in [1.82, 2.24) is 24.7 Å². The third-order valence-corrected chi connectivity index (χ3v) is 2.39. The van der Waals surface area contributed by atoms with E-state index in [1.54, 1.807) is 18.9 Å². The van der Waals surface area contributed by atoms with E-state index in [1.807, 2.05) is 17.6 Å². The fourth-order valence-electron chi connectivity index (χ4n) is 1.49. The van der Waals surface area contributed by atoms with Crippen molar-refractivity contribution >= 4 is 5.95 Å². The fraction of sp³-hybridized carbons (Fsp3) is 0.455. The topological polar surface area (TPSA) is 68.5 Å². The van der Waals surface area contributed by atoms with Crippen molar-refractivity contribution in [2.24, 2.45) is 0 Å². The molecule has 0 bridgehead atoms. The van der Waals surface area contributed by atoms with Crippen LogP contribution in [0.4, 0.5) is 5.95 Å². The SMILES string of the molecule is Cc1ccnc(NCCCCn2cnnc2)n1. The van der Waals surface area contributed by atoms with Crippen LogP contribution in [-0.2, 0) is 6.54 Å². The van der Waals surface area contributed by atoms with E-state index in [0.717, 1.165) is 31.6 Å². The summed E-state index contributed by atoms with van der Waals surface area (Å²) in [4.78, 5) is 8.41. The molecule has 0 aromatic carbocycles. The van der Waals surface area contributed by atoms with E-state index in [9.17, 15) is 0 Å². The van der Waals surface area contributed by atoms with Gasteiger partial charge in [0.2, 0.25) is 5.95 Å². The minimum Gasteiger partial charge on any atom is -0.354 e. The lowest BCUT2D eigenvalue weighted by molar-refractivity contribution is 0.618. The lowest BCUT2D eigenvalue weighted by Crippen LogP contribution is -2.06. The molecule has 0 unspecified atom stereocenters. The van der Waals surface area contributed by atoms with E-state index < -0.39 is 0 Å². The molecule has 0 aliphatic carbocycles. The second-order valence-corrected chi connectivity index (χ2v) is 3.86. The summed E-state index contributed by atoms with van der Waals surface area (Å²) in [6, 6.07) is 1.89. The van der Waals surface area contributed by atoms with Crippen LogP contribution in [-0.4, -0.2) is 31.3 Å². The summed E-state index contributed by atoms with van der Waals surface area (Å²) in [7, 11) is 0. The lowest BCUT2D eigenvalue weighted by Gasteiger charge is -2.05. The number of anilines is 1. The van der Waals surface area contributed by atoms with E-state index in [-0.39, 0.29) is 0 Å². The van der Waals surface area contributed by atoms with Gasteiger partial charge in [0.25, 0.3) is 0 Å². The Kier molecular flexibility index (Phi) is 4.01. The number of hydrogen-bond donors (Lipinski definition) is 1. The molecule has 0 saturated carbocycles. The van der Waals surface area contributed by atoms with Crippen LogP contribution in [0.15, 0.2) is 24.9 Å². The third-order valence-electron chi connectivity index (χ3n) is 2.39. The van der Waals surface area contributed by atoms with Crippen molar-refractivity contribution in [3.05, 3.63) is 30.6 Å². The molecule has 0 aliphatic heterocycles. The molecular formula is C11H16N6. The molecule has 0 aliphatic rings. The molecule has 0 fully saturated rings. The highest BCUT2D eigenvalue weighted by molar-refractivity contribution is 5.24. The van der Waals surface area contributed by atoms with Gasteiger partial charge in [-0.2, -0.15) is 0 Å². The van der Waals surface area contributed by atoms with Gasteiger partial charge in [-0.25, -0.2) is 9.97 Å². The highest BCUT2D eigenvalue weighted by Crippen LogP contribution is 2.00. The molecule has 0 saturated heterocycles. The van der Waals surface area contributed by atoms with E-state index >= 15 is 0 Å². The number of nitrogens with one attached hydrogen (secondary N) is 1. The normalized spacial score (nSPS) is 10.4. The molecule has 1 N–H and O–H groups in total. The van der Waals surface area contributed by atoms with Crippen molar-refractivity contribution in [1.29, 1.82) is 0 Å². The summed E-state index contributed by atoms with van der Waals surface area (Å²) in [5.74, 6) is 0.703. The second-order valence-electron chi connectivity index (χ2n) is 3.86. The first-order valence-corrected chi connectivity index (χ1v) is 5.70. The van der Waals surface area contributed by atoms with Crippen molar-refractivity contribution in [2.75, 3.05) is 11.9 Å². The Hall–Kier alpha value is -1.98. The Morgan fingerprint density at radius 3 is 2.82 bits per heavy atom. The monoisotopic (exact) mass is 232 g/mol. The molecule has 0 amide bonds. The van der Waals surface area contributed by atoms with Gasteiger partial charge in [-0.3, -0.25) is 0 Å². The predicted octanol–water partition coefficient (Wildman–Crippen LogP) is 1.27. The zero-order valence-electron chi connectivity index (χ0n) is 9.87. The molecule has 0 spiro atoms. The summed E-state index contributed by atoms with van der Waals surface area (Å²) in [5.41, 5.74) is 0.979. The molecule has 2 heterocycles. The van der Waals surface area contributed by atoms with Crippen LogP contribution in [0.25, 0.3) is 0 Å². The maximum absolute atomic E-state index is 4.27. The first-order chi connectivity index (χ1) is 8.34.